The standard InChI is InChI=1S/C32H51NO9/c1-15-4-7-22-16(2)18-5-6-20-19-10-24(35)32(40)11-17(41-29-27(38)26(37)25(36)23(14-34)42-29)8-9-30(32,3)21(19)12-31(20,39)28(18)33(22)13-15/h15-23,25-29,34,36-40H,4-14H2,1-3H3/t15-,16+,17-,18-,19-,20-,21-,22-,23+,25+,26-,27+,28+,29+,30+,31-,32-/m0/s1. The van der Waals surface area contributed by atoms with E-state index in [0.29, 0.717) is 43.1 Å². The molecule has 0 aromatic rings. The molecule has 3 aliphatic heterocycles. The minimum Gasteiger partial charge on any atom is -0.394 e. The highest BCUT2D eigenvalue weighted by molar-refractivity contribution is 5.89. The first-order chi connectivity index (χ1) is 19.8. The Kier molecular flexibility index (Phi) is 7.25. The number of nitrogens with zero attached hydrogens (tertiary/aromatic N) is 1. The Labute approximate surface area is 248 Å². The van der Waals surface area contributed by atoms with Crippen molar-refractivity contribution in [3.05, 3.63) is 0 Å². The topological polar surface area (TPSA) is 160 Å². The van der Waals surface area contributed by atoms with Gasteiger partial charge in [-0.1, -0.05) is 20.8 Å². The number of hydrogen-bond donors (Lipinski definition) is 6. The van der Waals surface area contributed by atoms with Gasteiger partial charge in [0.1, 0.15) is 30.0 Å². The number of piperidine rings is 1. The van der Waals surface area contributed by atoms with Crippen molar-refractivity contribution in [2.24, 2.45) is 40.9 Å². The normalized spacial score (nSPS) is 59.4. The predicted molar refractivity (Wildman–Crippen MR) is 150 cm³/mol. The Balaban J connectivity index is 1.13. The SMILES string of the molecule is C[C@H]1CC[C@H]2[C@H](C)[C@@H]3CC[C@H]4[C@@H]5CC(=O)[C@@]6(O)C[C@@H](O[C@@H]7O[C@H](CO)[C@@H](O)[C@H](O)[C@H]7O)CC[C@]6(C)[C@H]5C[C@@]4(O)[C@@H]3N2C1. The van der Waals surface area contributed by atoms with E-state index in [1.54, 1.807) is 0 Å². The Morgan fingerprint density at radius 3 is 2.45 bits per heavy atom. The van der Waals surface area contributed by atoms with Crippen molar-refractivity contribution in [3.8, 4) is 0 Å². The molecule has 4 saturated carbocycles. The number of Topliss-reactive ketones (excluding diaryl/α,β-unsaturated/α-hetero) is 1. The number of aliphatic hydroxyl groups is 6. The third-order valence-corrected chi connectivity index (χ3v) is 13.8. The Hall–Kier alpha value is -0.690. The molecule has 6 N–H and O–H groups in total. The molecule has 10 nitrogen and oxygen atoms in total. The molecule has 0 radical (unpaired) electrons. The van der Waals surface area contributed by atoms with E-state index in [2.05, 4.69) is 18.7 Å². The summed E-state index contributed by atoms with van der Waals surface area (Å²) in [7, 11) is 0. The van der Waals surface area contributed by atoms with Crippen LogP contribution < -0.4 is 0 Å². The fourth-order valence-electron chi connectivity index (χ4n) is 11.6. The van der Waals surface area contributed by atoms with Gasteiger partial charge in [-0.05, 0) is 80.5 Å². The van der Waals surface area contributed by atoms with Gasteiger partial charge in [0.25, 0.3) is 0 Å². The van der Waals surface area contributed by atoms with E-state index < -0.39 is 60.0 Å². The first kappa shape index (κ1) is 30.0. The van der Waals surface area contributed by atoms with E-state index in [-0.39, 0.29) is 42.4 Å². The number of carbonyl (C=O) groups is 1. The fraction of sp³-hybridized carbons (Fsp3) is 0.969. The van der Waals surface area contributed by atoms with Gasteiger partial charge in [0.2, 0.25) is 0 Å². The van der Waals surface area contributed by atoms with E-state index in [1.807, 2.05) is 6.92 Å². The van der Waals surface area contributed by atoms with Gasteiger partial charge in [-0.25, -0.2) is 0 Å². The van der Waals surface area contributed by atoms with Crippen LogP contribution in [0.15, 0.2) is 0 Å². The monoisotopic (exact) mass is 593 g/mol. The molecule has 7 rings (SSSR count). The summed E-state index contributed by atoms with van der Waals surface area (Å²) < 4.78 is 11.6. The van der Waals surface area contributed by atoms with Crippen LogP contribution in [0.1, 0.15) is 78.6 Å². The molecule has 4 aliphatic carbocycles. The number of aliphatic hydroxyl groups excluding tert-OH is 4. The summed E-state index contributed by atoms with van der Waals surface area (Å²) in [6.45, 7) is 7.20. The van der Waals surface area contributed by atoms with Crippen LogP contribution in [0.25, 0.3) is 0 Å². The molecule has 0 bridgehead atoms. The highest BCUT2D eigenvalue weighted by Crippen LogP contribution is 2.68. The molecule has 7 aliphatic rings. The molecule has 238 valence electrons. The van der Waals surface area contributed by atoms with Gasteiger partial charge in [0.15, 0.2) is 12.1 Å². The van der Waals surface area contributed by atoms with Crippen molar-refractivity contribution in [1.82, 2.24) is 4.90 Å². The van der Waals surface area contributed by atoms with Gasteiger partial charge in [-0.2, -0.15) is 0 Å². The zero-order valence-electron chi connectivity index (χ0n) is 25.2. The average molecular weight is 594 g/mol. The van der Waals surface area contributed by atoms with Crippen molar-refractivity contribution >= 4 is 5.78 Å². The van der Waals surface area contributed by atoms with Gasteiger partial charge in [0.05, 0.1) is 18.3 Å². The summed E-state index contributed by atoms with van der Waals surface area (Å²) in [4.78, 5) is 16.6. The highest BCUT2D eigenvalue weighted by Gasteiger charge is 2.73. The molecule has 0 aromatic heterocycles. The molecule has 0 amide bonds. The lowest BCUT2D eigenvalue weighted by molar-refractivity contribution is -0.319. The Morgan fingerprint density at radius 1 is 0.952 bits per heavy atom. The second-order valence-electron chi connectivity index (χ2n) is 15.7. The number of hydrogen-bond acceptors (Lipinski definition) is 10. The number of ether oxygens (including phenoxy) is 2. The fourth-order valence-corrected chi connectivity index (χ4v) is 11.6. The molecular weight excluding hydrogens is 542 g/mol. The second-order valence-corrected chi connectivity index (χ2v) is 15.7. The average Bonchev–Trinajstić information content (AvgIpc) is 3.41. The van der Waals surface area contributed by atoms with Gasteiger partial charge in [0, 0.05) is 36.9 Å². The van der Waals surface area contributed by atoms with Crippen LogP contribution in [0, 0.1) is 40.9 Å². The molecule has 0 aromatic carbocycles. The van der Waals surface area contributed by atoms with Crippen LogP contribution in [0.5, 0.6) is 0 Å². The van der Waals surface area contributed by atoms with Gasteiger partial charge >= 0.3 is 0 Å². The zero-order chi connectivity index (χ0) is 29.9. The van der Waals surface area contributed by atoms with Crippen LogP contribution in [0.4, 0.5) is 0 Å². The summed E-state index contributed by atoms with van der Waals surface area (Å²) >= 11 is 0. The van der Waals surface area contributed by atoms with Gasteiger partial charge in [-0.15, -0.1) is 0 Å². The summed E-state index contributed by atoms with van der Waals surface area (Å²) in [5.74, 6) is 1.56. The lowest BCUT2D eigenvalue weighted by Gasteiger charge is -2.58. The third-order valence-electron chi connectivity index (χ3n) is 13.8. The number of fused-ring (bicyclic) bond motifs is 9. The molecular formula is C32H51NO9. The molecule has 17 atom stereocenters. The molecule has 0 spiro atoms. The van der Waals surface area contributed by atoms with E-state index in [9.17, 15) is 35.4 Å². The maximum atomic E-state index is 13.9. The minimum atomic E-state index is -1.64. The Bertz CT molecular complexity index is 1070. The van der Waals surface area contributed by atoms with E-state index in [4.69, 9.17) is 9.47 Å². The summed E-state index contributed by atoms with van der Waals surface area (Å²) in [6, 6.07) is 0.632. The number of ketones is 1. The first-order valence-corrected chi connectivity index (χ1v) is 16.5. The van der Waals surface area contributed by atoms with Crippen molar-refractivity contribution in [3.63, 3.8) is 0 Å². The first-order valence-electron chi connectivity index (χ1n) is 16.5. The second kappa shape index (κ2) is 10.2. The van der Waals surface area contributed by atoms with Crippen LogP contribution in [0.3, 0.4) is 0 Å². The van der Waals surface area contributed by atoms with E-state index >= 15 is 0 Å². The lowest BCUT2D eigenvalue weighted by atomic mass is 9.49. The van der Waals surface area contributed by atoms with E-state index in [1.165, 1.54) is 12.8 Å². The quantitative estimate of drug-likeness (QED) is 0.256. The maximum Gasteiger partial charge on any atom is 0.186 e. The van der Waals surface area contributed by atoms with Crippen molar-refractivity contribution in [2.75, 3.05) is 13.2 Å². The molecule has 3 heterocycles. The van der Waals surface area contributed by atoms with Crippen LogP contribution in [-0.4, -0.2) is 115 Å². The zero-order valence-corrected chi connectivity index (χ0v) is 25.2. The predicted octanol–water partition coefficient (Wildman–Crippen LogP) is 0.578. The maximum absolute atomic E-state index is 13.9. The molecule has 3 saturated heterocycles. The Morgan fingerprint density at radius 2 is 1.71 bits per heavy atom. The molecule has 10 heteroatoms. The van der Waals surface area contributed by atoms with Gasteiger partial charge < -0.3 is 40.1 Å². The largest absolute Gasteiger partial charge is 0.394 e. The van der Waals surface area contributed by atoms with Gasteiger partial charge in [-0.3, -0.25) is 9.69 Å². The molecule has 0 unspecified atom stereocenters. The number of carbonyl (C=O) groups excluding carboxylic acids is 1. The number of rotatable bonds is 3. The smallest absolute Gasteiger partial charge is 0.186 e. The summed E-state index contributed by atoms with van der Waals surface area (Å²) in [5.41, 5.74) is -3.22. The van der Waals surface area contributed by atoms with Crippen LogP contribution >= 0.6 is 0 Å². The highest BCUT2D eigenvalue weighted by atomic mass is 16.7. The third kappa shape index (κ3) is 3.99. The summed E-state index contributed by atoms with van der Waals surface area (Å²) in [6.07, 6.45) is -1.19. The lowest BCUT2D eigenvalue weighted by Crippen LogP contribution is -2.65. The van der Waals surface area contributed by atoms with Crippen LogP contribution in [-0.2, 0) is 14.3 Å². The van der Waals surface area contributed by atoms with E-state index in [0.717, 1.165) is 19.4 Å². The summed E-state index contributed by atoms with van der Waals surface area (Å²) in [5, 5.41) is 65.4. The van der Waals surface area contributed by atoms with Crippen molar-refractivity contribution < 1.29 is 44.9 Å². The molecule has 42 heavy (non-hydrogen) atoms. The minimum absolute atomic E-state index is 0.0127. The van der Waals surface area contributed by atoms with Crippen LogP contribution in [0.2, 0.25) is 0 Å². The van der Waals surface area contributed by atoms with Crippen molar-refractivity contribution in [1.29, 1.82) is 0 Å². The molecule has 7 fully saturated rings. The van der Waals surface area contributed by atoms with Crippen molar-refractivity contribution in [2.45, 2.75) is 139 Å².